The molecule has 0 bridgehead atoms. The van der Waals surface area contributed by atoms with Gasteiger partial charge in [0.05, 0.1) is 21.6 Å². The van der Waals surface area contributed by atoms with Crippen molar-refractivity contribution in [2.75, 3.05) is 43.0 Å². The van der Waals surface area contributed by atoms with Crippen molar-refractivity contribution in [1.29, 1.82) is 0 Å². The Bertz CT molecular complexity index is 1160. The molecule has 0 aromatic heterocycles. The molecule has 1 heterocycles. The lowest BCUT2D eigenvalue weighted by molar-refractivity contribution is -0.385. The lowest BCUT2D eigenvalue weighted by atomic mass is 9.92. The van der Waals surface area contributed by atoms with Gasteiger partial charge in [0.15, 0.2) is 0 Å². The molecule has 2 aromatic rings. The van der Waals surface area contributed by atoms with E-state index >= 15 is 0 Å². The molecule has 1 aliphatic carbocycles. The quantitative estimate of drug-likeness (QED) is 0.351. The Morgan fingerprint density at radius 3 is 2.39 bits per heavy atom. The number of benzene rings is 2. The van der Waals surface area contributed by atoms with E-state index in [0.717, 1.165) is 37.4 Å². The average molecular weight is 555 g/mol. The van der Waals surface area contributed by atoms with Crippen LogP contribution in [0.4, 0.5) is 30.2 Å². The zero-order valence-electron chi connectivity index (χ0n) is 21.0. The molecular formula is C26H30ClF3N4O4. The molecule has 2 fully saturated rings. The zero-order valence-corrected chi connectivity index (χ0v) is 21.7. The largest absolute Gasteiger partial charge is 0.417 e. The summed E-state index contributed by atoms with van der Waals surface area (Å²) in [6.45, 7) is 3.33. The Morgan fingerprint density at radius 2 is 1.79 bits per heavy atom. The smallest absolute Gasteiger partial charge is 0.382 e. The summed E-state index contributed by atoms with van der Waals surface area (Å²) in [4.78, 5) is 26.8. The van der Waals surface area contributed by atoms with Crippen LogP contribution in [0.25, 0.3) is 0 Å². The first kappa shape index (κ1) is 28.0. The fraction of sp³-hybridized carbons (Fsp3) is 0.500. The molecule has 4 rings (SSSR count). The summed E-state index contributed by atoms with van der Waals surface area (Å²) in [6, 6.07) is 9.10. The summed E-state index contributed by atoms with van der Waals surface area (Å²) in [5.74, 6) is -0.127. The number of carbonyl (C=O) groups is 1. The van der Waals surface area contributed by atoms with Crippen molar-refractivity contribution in [2.45, 2.75) is 50.9 Å². The molecule has 1 N–H and O–H groups in total. The monoisotopic (exact) mass is 554 g/mol. The van der Waals surface area contributed by atoms with Gasteiger partial charge in [-0.2, -0.15) is 13.2 Å². The molecule has 38 heavy (non-hydrogen) atoms. The van der Waals surface area contributed by atoms with Crippen LogP contribution in [-0.4, -0.2) is 60.7 Å². The highest BCUT2D eigenvalue weighted by molar-refractivity contribution is 6.31. The number of aryl methyl sites for hydroxylation is 1. The predicted molar refractivity (Wildman–Crippen MR) is 139 cm³/mol. The van der Waals surface area contributed by atoms with Gasteiger partial charge >= 0.3 is 6.18 Å². The Morgan fingerprint density at radius 1 is 1.11 bits per heavy atom. The number of nitro groups is 1. The highest BCUT2D eigenvalue weighted by atomic mass is 35.5. The number of carbonyl (C=O) groups excluding carboxylic acids is 1. The van der Waals surface area contributed by atoms with Gasteiger partial charge in [-0.15, -0.1) is 0 Å². The fourth-order valence-electron chi connectivity index (χ4n) is 4.98. The topological polar surface area (TPSA) is 88.0 Å². The number of hydrogen-bond acceptors (Lipinski definition) is 6. The summed E-state index contributed by atoms with van der Waals surface area (Å²) in [5.41, 5.74) is 1.12. The van der Waals surface area contributed by atoms with Gasteiger partial charge in [0, 0.05) is 55.2 Å². The molecule has 206 valence electrons. The van der Waals surface area contributed by atoms with Gasteiger partial charge in [-0.25, -0.2) is 0 Å². The first-order valence-corrected chi connectivity index (χ1v) is 12.9. The van der Waals surface area contributed by atoms with Gasteiger partial charge in [0.1, 0.15) is 6.61 Å². The van der Waals surface area contributed by atoms with E-state index in [1.165, 1.54) is 12.1 Å². The van der Waals surface area contributed by atoms with Crippen molar-refractivity contribution in [3.05, 3.63) is 62.7 Å². The van der Waals surface area contributed by atoms with E-state index in [-0.39, 0.29) is 35.4 Å². The van der Waals surface area contributed by atoms with E-state index in [1.54, 1.807) is 30.0 Å². The number of ether oxygens (including phenoxy) is 1. The van der Waals surface area contributed by atoms with Crippen molar-refractivity contribution >= 4 is 34.6 Å². The minimum Gasteiger partial charge on any atom is -0.382 e. The maximum Gasteiger partial charge on any atom is 0.417 e. The summed E-state index contributed by atoms with van der Waals surface area (Å²) in [5, 5.41) is 14.1. The average Bonchev–Trinajstić information content (AvgIpc) is 2.87. The second kappa shape index (κ2) is 11.8. The van der Waals surface area contributed by atoms with Crippen LogP contribution in [0.5, 0.6) is 0 Å². The van der Waals surface area contributed by atoms with Crippen LogP contribution >= 0.6 is 11.6 Å². The minimum absolute atomic E-state index is 0.0215. The molecule has 0 unspecified atom stereocenters. The number of nitrogens with zero attached hydrogens (tertiary/aromatic N) is 3. The van der Waals surface area contributed by atoms with Gasteiger partial charge in [0.2, 0.25) is 5.91 Å². The van der Waals surface area contributed by atoms with Crippen LogP contribution in [0, 0.1) is 17.0 Å². The number of nitrogens with one attached hydrogen (secondary N) is 1. The van der Waals surface area contributed by atoms with Crippen LogP contribution in [0.1, 0.15) is 36.8 Å². The van der Waals surface area contributed by atoms with Crippen molar-refractivity contribution in [1.82, 2.24) is 4.90 Å². The van der Waals surface area contributed by atoms with E-state index in [1.807, 2.05) is 4.90 Å². The van der Waals surface area contributed by atoms with E-state index in [0.29, 0.717) is 37.4 Å². The molecule has 1 amide bonds. The number of rotatable bonds is 7. The van der Waals surface area contributed by atoms with Crippen molar-refractivity contribution in [3.8, 4) is 0 Å². The second-order valence-corrected chi connectivity index (χ2v) is 10.1. The first-order chi connectivity index (χ1) is 18.0. The van der Waals surface area contributed by atoms with Gasteiger partial charge in [-0.3, -0.25) is 14.9 Å². The Hall–Kier alpha value is -3.05. The zero-order chi connectivity index (χ0) is 27.4. The molecule has 8 nitrogen and oxygen atoms in total. The van der Waals surface area contributed by atoms with Gasteiger partial charge in [-0.1, -0.05) is 11.6 Å². The second-order valence-electron chi connectivity index (χ2n) is 9.72. The summed E-state index contributed by atoms with van der Waals surface area (Å²) in [6.07, 6.45) is -1.25. The first-order valence-electron chi connectivity index (χ1n) is 12.5. The van der Waals surface area contributed by atoms with E-state index in [9.17, 15) is 28.1 Å². The van der Waals surface area contributed by atoms with E-state index in [4.69, 9.17) is 16.3 Å². The molecule has 2 aliphatic rings. The molecule has 1 saturated carbocycles. The van der Waals surface area contributed by atoms with Crippen LogP contribution in [0.3, 0.4) is 0 Å². The minimum atomic E-state index is -4.53. The number of hydrogen-bond donors (Lipinski definition) is 1. The third kappa shape index (κ3) is 6.87. The molecule has 0 atom stereocenters. The van der Waals surface area contributed by atoms with Crippen LogP contribution < -0.4 is 10.2 Å². The fourth-order valence-corrected chi connectivity index (χ4v) is 5.21. The molecule has 2 aromatic carbocycles. The van der Waals surface area contributed by atoms with Gasteiger partial charge in [-0.05, 0) is 62.9 Å². The van der Waals surface area contributed by atoms with E-state index < -0.39 is 16.7 Å². The van der Waals surface area contributed by atoms with Crippen molar-refractivity contribution in [3.63, 3.8) is 0 Å². The van der Waals surface area contributed by atoms with Crippen LogP contribution in [0.15, 0.2) is 36.4 Å². The lowest BCUT2D eigenvalue weighted by Crippen LogP contribution is -2.50. The van der Waals surface area contributed by atoms with Crippen molar-refractivity contribution in [2.24, 2.45) is 0 Å². The number of piperazine rings is 1. The number of alkyl halides is 3. The highest BCUT2D eigenvalue weighted by Crippen LogP contribution is 2.37. The molecule has 12 heteroatoms. The standard InChI is InChI=1S/C26H30ClF3N4O4/c1-17-14-19(4-9-24(17)34(36)37)31-18-2-6-21(7-3-18)38-16-25(35)33-12-10-32(11-13-33)20-5-8-23(27)22(15-20)26(28,29)30/h4-5,8-9,14-15,18,21,31H,2-3,6-7,10-13,16H2,1H3. The lowest BCUT2D eigenvalue weighted by Gasteiger charge is -2.37. The Kier molecular flexibility index (Phi) is 8.67. The van der Waals surface area contributed by atoms with Crippen LogP contribution in [-0.2, 0) is 15.7 Å². The number of halogens is 4. The Balaban J connectivity index is 1.19. The van der Waals surface area contributed by atoms with Gasteiger partial charge in [0.25, 0.3) is 5.69 Å². The van der Waals surface area contributed by atoms with Crippen LogP contribution in [0.2, 0.25) is 5.02 Å². The Labute approximate surface area is 223 Å². The SMILES string of the molecule is Cc1cc(NC2CCC(OCC(=O)N3CCN(c4ccc(Cl)c(C(F)(F)F)c4)CC3)CC2)ccc1[N+](=O)[O-]. The van der Waals surface area contributed by atoms with Crippen molar-refractivity contribution < 1.29 is 27.6 Å². The third-order valence-corrected chi connectivity index (χ3v) is 7.46. The highest BCUT2D eigenvalue weighted by Gasteiger charge is 2.34. The van der Waals surface area contributed by atoms with Gasteiger partial charge < -0.3 is 19.9 Å². The maximum atomic E-state index is 13.2. The van der Waals surface area contributed by atoms with E-state index in [2.05, 4.69) is 5.32 Å². The molecule has 0 radical (unpaired) electrons. The summed E-state index contributed by atoms with van der Waals surface area (Å²) in [7, 11) is 0. The molecule has 0 spiro atoms. The predicted octanol–water partition coefficient (Wildman–Crippen LogP) is 5.66. The normalized spacial score (nSPS) is 20.3. The summed E-state index contributed by atoms with van der Waals surface area (Å²) < 4.78 is 45.4. The molecular weight excluding hydrogens is 525 g/mol. The third-order valence-electron chi connectivity index (χ3n) is 7.13. The maximum absolute atomic E-state index is 13.2. The number of anilines is 2. The summed E-state index contributed by atoms with van der Waals surface area (Å²) >= 11 is 5.72. The number of amides is 1. The molecule has 1 saturated heterocycles. The molecule has 1 aliphatic heterocycles. The number of nitro benzene ring substituents is 1.